The van der Waals surface area contributed by atoms with Gasteiger partial charge < -0.3 is 9.30 Å². The van der Waals surface area contributed by atoms with Gasteiger partial charge in [0.05, 0.1) is 6.21 Å². The van der Waals surface area contributed by atoms with Crippen molar-refractivity contribution >= 4 is 28.1 Å². The van der Waals surface area contributed by atoms with Crippen LogP contribution >= 0.6 is 15.9 Å². The topological polar surface area (TPSA) is 55.6 Å². The molecule has 1 aromatic heterocycles. The molecule has 0 aliphatic rings. The lowest BCUT2D eigenvalue weighted by Gasteiger charge is -2.10. The number of hydrogen-bond acceptors (Lipinski definition) is 3. The highest BCUT2D eigenvalue weighted by Gasteiger charge is 2.08. The molecule has 0 fully saturated rings. The summed E-state index contributed by atoms with van der Waals surface area (Å²) < 4.78 is 8.87. The standard InChI is InChI=1S/C27H24BrN3O2/c1-19-8-9-20(2)31(19)24-12-10-22(11-13-24)27(32)30-29-17-23-16-25(14-15-26(23)28)33-18-21-6-4-3-5-7-21/h3-17H,18H2,1-2H3,(H,30,32)/b29-17+. The number of nitrogens with one attached hydrogen (secondary N) is 1. The molecule has 0 spiro atoms. The zero-order valence-corrected chi connectivity index (χ0v) is 20.0. The maximum Gasteiger partial charge on any atom is 0.271 e. The summed E-state index contributed by atoms with van der Waals surface area (Å²) >= 11 is 3.52. The van der Waals surface area contributed by atoms with Crippen molar-refractivity contribution in [2.24, 2.45) is 5.10 Å². The molecule has 0 saturated heterocycles. The molecule has 4 aromatic rings. The SMILES string of the molecule is Cc1ccc(C)n1-c1ccc(C(=O)N/N=C/c2cc(OCc3ccccc3)ccc2Br)cc1. The lowest BCUT2D eigenvalue weighted by molar-refractivity contribution is 0.0955. The molecule has 1 heterocycles. The van der Waals surface area contributed by atoms with Crippen LogP contribution in [0.3, 0.4) is 0 Å². The van der Waals surface area contributed by atoms with E-state index in [-0.39, 0.29) is 5.91 Å². The predicted molar refractivity (Wildman–Crippen MR) is 135 cm³/mol. The molecular weight excluding hydrogens is 478 g/mol. The van der Waals surface area contributed by atoms with Crippen molar-refractivity contribution in [3.63, 3.8) is 0 Å². The molecule has 4 rings (SSSR count). The second-order valence-corrected chi connectivity index (χ2v) is 8.51. The van der Waals surface area contributed by atoms with Crippen LogP contribution in [0.15, 0.2) is 94.5 Å². The fourth-order valence-corrected chi connectivity index (χ4v) is 3.86. The van der Waals surface area contributed by atoms with Gasteiger partial charge in [-0.1, -0.05) is 46.3 Å². The summed E-state index contributed by atoms with van der Waals surface area (Å²) in [7, 11) is 0. The van der Waals surface area contributed by atoms with Crippen LogP contribution in [-0.2, 0) is 6.61 Å². The van der Waals surface area contributed by atoms with Crippen LogP contribution in [0.2, 0.25) is 0 Å². The number of amides is 1. The minimum Gasteiger partial charge on any atom is -0.489 e. The zero-order chi connectivity index (χ0) is 23.2. The van der Waals surface area contributed by atoms with Crippen LogP contribution in [-0.4, -0.2) is 16.7 Å². The summed E-state index contributed by atoms with van der Waals surface area (Å²) in [6, 6.07) is 27.2. The summed E-state index contributed by atoms with van der Waals surface area (Å²) in [6.07, 6.45) is 1.60. The van der Waals surface area contributed by atoms with Crippen LogP contribution in [0.1, 0.15) is 32.9 Å². The Labute approximate surface area is 201 Å². The molecule has 33 heavy (non-hydrogen) atoms. The molecule has 0 aliphatic carbocycles. The number of ether oxygens (including phenoxy) is 1. The van der Waals surface area contributed by atoms with Crippen molar-refractivity contribution in [3.8, 4) is 11.4 Å². The third-order valence-electron chi connectivity index (χ3n) is 5.24. The van der Waals surface area contributed by atoms with Crippen LogP contribution in [0.25, 0.3) is 5.69 Å². The number of hydrazone groups is 1. The number of hydrogen-bond donors (Lipinski definition) is 1. The van der Waals surface area contributed by atoms with Crippen molar-refractivity contribution in [2.45, 2.75) is 20.5 Å². The molecule has 0 bridgehead atoms. The Morgan fingerprint density at radius 2 is 1.67 bits per heavy atom. The predicted octanol–water partition coefficient (Wildman–Crippen LogP) is 6.20. The van der Waals surface area contributed by atoms with E-state index in [4.69, 9.17) is 4.74 Å². The number of carbonyl (C=O) groups is 1. The summed E-state index contributed by atoms with van der Waals surface area (Å²) in [5.41, 5.74) is 8.34. The monoisotopic (exact) mass is 501 g/mol. The Morgan fingerprint density at radius 1 is 0.970 bits per heavy atom. The lowest BCUT2D eigenvalue weighted by atomic mass is 10.2. The maximum absolute atomic E-state index is 12.5. The summed E-state index contributed by atoms with van der Waals surface area (Å²) in [5, 5.41) is 4.12. The van der Waals surface area contributed by atoms with Crippen LogP contribution in [0, 0.1) is 13.8 Å². The average molecular weight is 502 g/mol. The van der Waals surface area contributed by atoms with Gasteiger partial charge in [-0.15, -0.1) is 0 Å². The highest BCUT2D eigenvalue weighted by atomic mass is 79.9. The third-order valence-corrected chi connectivity index (χ3v) is 5.97. The van der Waals surface area contributed by atoms with Gasteiger partial charge in [0.25, 0.3) is 5.91 Å². The average Bonchev–Trinajstić information content (AvgIpc) is 3.17. The van der Waals surface area contributed by atoms with Gasteiger partial charge in [-0.05, 0) is 74.0 Å². The van der Waals surface area contributed by atoms with Gasteiger partial charge >= 0.3 is 0 Å². The van der Waals surface area contributed by atoms with Gasteiger partial charge in [0.15, 0.2) is 0 Å². The van der Waals surface area contributed by atoms with Gasteiger partial charge in [0, 0.05) is 32.7 Å². The first kappa shape index (κ1) is 22.6. The maximum atomic E-state index is 12.5. The summed E-state index contributed by atoms with van der Waals surface area (Å²) in [4.78, 5) is 12.5. The van der Waals surface area contributed by atoms with Crippen molar-refractivity contribution in [1.82, 2.24) is 9.99 Å². The Bertz CT molecular complexity index is 1260. The normalized spacial score (nSPS) is 11.0. The first-order chi connectivity index (χ1) is 16.0. The molecule has 3 aromatic carbocycles. The number of carbonyl (C=O) groups excluding carboxylic acids is 1. The van der Waals surface area contributed by atoms with E-state index in [2.05, 4.69) is 57.0 Å². The fraction of sp³-hybridized carbons (Fsp3) is 0.111. The second kappa shape index (κ2) is 10.3. The van der Waals surface area contributed by atoms with E-state index >= 15 is 0 Å². The van der Waals surface area contributed by atoms with E-state index in [1.165, 1.54) is 0 Å². The van der Waals surface area contributed by atoms with E-state index in [1.807, 2.05) is 60.7 Å². The smallest absolute Gasteiger partial charge is 0.271 e. The highest BCUT2D eigenvalue weighted by Crippen LogP contribution is 2.22. The zero-order valence-electron chi connectivity index (χ0n) is 18.5. The van der Waals surface area contributed by atoms with E-state index in [1.54, 1.807) is 18.3 Å². The number of halogens is 1. The van der Waals surface area contributed by atoms with E-state index in [0.29, 0.717) is 12.2 Å². The molecule has 166 valence electrons. The van der Waals surface area contributed by atoms with Crippen molar-refractivity contribution in [2.75, 3.05) is 0 Å². The summed E-state index contributed by atoms with van der Waals surface area (Å²) in [6.45, 7) is 4.60. The molecule has 0 saturated carbocycles. The highest BCUT2D eigenvalue weighted by molar-refractivity contribution is 9.10. The van der Waals surface area contributed by atoms with E-state index in [9.17, 15) is 4.79 Å². The quantitative estimate of drug-likeness (QED) is 0.242. The number of aromatic nitrogens is 1. The molecule has 1 amide bonds. The number of nitrogens with zero attached hydrogens (tertiary/aromatic N) is 2. The van der Waals surface area contributed by atoms with Gasteiger partial charge in [0.1, 0.15) is 12.4 Å². The molecule has 5 nitrogen and oxygen atoms in total. The van der Waals surface area contributed by atoms with E-state index < -0.39 is 0 Å². The van der Waals surface area contributed by atoms with Crippen LogP contribution in [0.5, 0.6) is 5.75 Å². The Morgan fingerprint density at radius 3 is 2.36 bits per heavy atom. The second-order valence-electron chi connectivity index (χ2n) is 7.66. The molecule has 1 N–H and O–H groups in total. The van der Waals surface area contributed by atoms with Gasteiger partial charge in [-0.3, -0.25) is 4.79 Å². The molecule has 0 aliphatic heterocycles. The largest absolute Gasteiger partial charge is 0.489 e. The molecule has 0 atom stereocenters. The number of benzene rings is 3. The minimum atomic E-state index is -0.272. The number of aryl methyl sites for hydroxylation is 2. The van der Waals surface area contributed by atoms with Crippen molar-refractivity contribution < 1.29 is 9.53 Å². The molecule has 0 radical (unpaired) electrons. The van der Waals surface area contributed by atoms with Crippen molar-refractivity contribution in [1.29, 1.82) is 0 Å². The van der Waals surface area contributed by atoms with Crippen LogP contribution in [0.4, 0.5) is 0 Å². The molecule has 6 heteroatoms. The van der Waals surface area contributed by atoms with Gasteiger partial charge in [0.2, 0.25) is 0 Å². The first-order valence-corrected chi connectivity index (χ1v) is 11.4. The third kappa shape index (κ3) is 5.59. The van der Waals surface area contributed by atoms with Gasteiger partial charge in [-0.2, -0.15) is 5.10 Å². The summed E-state index contributed by atoms with van der Waals surface area (Å²) in [5.74, 6) is 0.451. The first-order valence-electron chi connectivity index (χ1n) is 10.6. The number of rotatable bonds is 7. The Balaban J connectivity index is 1.39. The molecular formula is C27H24BrN3O2. The van der Waals surface area contributed by atoms with Gasteiger partial charge in [-0.25, -0.2) is 5.43 Å². The lowest BCUT2D eigenvalue weighted by Crippen LogP contribution is -2.17. The molecule has 0 unspecified atom stereocenters. The Hall–Kier alpha value is -3.64. The van der Waals surface area contributed by atoms with Crippen LogP contribution < -0.4 is 10.2 Å². The minimum absolute atomic E-state index is 0.272. The Kier molecular flexibility index (Phi) is 7.05. The van der Waals surface area contributed by atoms with Crippen molar-refractivity contribution in [3.05, 3.63) is 117 Å². The fourth-order valence-electron chi connectivity index (χ4n) is 3.51. The van der Waals surface area contributed by atoms with E-state index in [0.717, 1.165) is 38.4 Å².